The lowest BCUT2D eigenvalue weighted by atomic mass is 9.87. The van der Waals surface area contributed by atoms with Crippen molar-refractivity contribution >= 4 is 6.21 Å². The molecule has 1 aliphatic heterocycles. The number of nitrogens with zero attached hydrogens (tertiary/aromatic N) is 3. The predicted molar refractivity (Wildman–Crippen MR) is 57.6 cm³/mol. The summed E-state index contributed by atoms with van der Waals surface area (Å²) in [6.07, 6.45) is 6.69. The number of rotatable bonds is 2. The smallest absolute Gasteiger partial charge is 0.0759 e. The van der Waals surface area contributed by atoms with Crippen molar-refractivity contribution in [2.75, 3.05) is 0 Å². The van der Waals surface area contributed by atoms with E-state index in [0.29, 0.717) is 5.82 Å². The molecule has 0 aromatic rings. The fraction of sp³-hybridized carbons (Fsp3) is 0.273. The molecule has 0 radical (unpaired) electrons. The first-order valence-electron chi connectivity index (χ1n) is 4.29. The van der Waals surface area contributed by atoms with Gasteiger partial charge in [0.1, 0.15) is 0 Å². The number of hydrogen-bond donors (Lipinski definition) is 0. The van der Waals surface area contributed by atoms with E-state index >= 15 is 0 Å². The monoisotopic (exact) mass is 186 g/mol. The van der Waals surface area contributed by atoms with Gasteiger partial charge in [0.25, 0.3) is 0 Å². The molecule has 0 unspecified atom stereocenters. The summed E-state index contributed by atoms with van der Waals surface area (Å²) in [5, 5.41) is 13.0. The van der Waals surface area contributed by atoms with Gasteiger partial charge in [0.05, 0.1) is 11.5 Å². The highest BCUT2D eigenvalue weighted by atomic mass is 15.0. The Balaban J connectivity index is 2.84. The topological polar surface area (TPSA) is 50.2 Å². The summed E-state index contributed by atoms with van der Waals surface area (Å²) in [5.74, 6) is 0.609. The van der Waals surface area contributed by atoms with Crippen molar-refractivity contribution in [2.45, 2.75) is 13.8 Å². The minimum absolute atomic E-state index is 0.535. The normalized spacial score (nSPS) is 18.4. The molecule has 1 aliphatic rings. The van der Waals surface area contributed by atoms with Gasteiger partial charge in [-0.2, -0.15) is 5.26 Å². The molecule has 0 amide bonds. The van der Waals surface area contributed by atoms with Crippen molar-refractivity contribution in [3.63, 3.8) is 0 Å². The number of nitriles is 1. The Kier molecular flexibility index (Phi) is 2.88. The van der Waals surface area contributed by atoms with Gasteiger partial charge in [0.2, 0.25) is 0 Å². The van der Waals surface area contributed by atoms with Gasteiger partial charge >= 0.3 is 0 Å². The van der Waals surface area contributed by atoms with Crippen LogP contribution in [0.3, 0.4) is 0 Å². The fourth-order valence-corrected chi connectivity index (χ4v) is 0.917. The van der Waals surface area contributed by atoms with E-state index in [1.165, 1.54) is 0 Å². The van der Waals surface area contributed by atoms with E-state index in [1.807, 2.05) is 13.8 Å². The standard InChI is InChI=1S/C11H12N3/c1-4-5-10-13-6-9(7-14-10)11(2,3)8-12/h4-7H,1H2,2-3H3/q-1. The van der Waals surface area contributed by atoms with Gasteiger partial charge in [-0.15, -0.1) is 0 Å². The van der Waals surface area contributed by atoms with Gasteiger partial charge in [0, 0.05) is 0 Å². The van der Waals surface area contributed by atoms with Crippen LogP contribution >= 0.6 is 0 Å². The molecule has 0 aliphatic carbocycles. The van der Waals surface area contributed by atoms with E-state index in [0.717, 1.165) is 5.57 Å². The van der Waals surface area contributed by atoms with Crippen molar-refractivity contribution in [1.82, 2.24) is 0 Å². The molecule has 0 aromatic heterocycles. The fourth-order valence-electron chi connectivity index (χ4n) is 0.917. The number of aliphatic imine (C=N–C) groups is 1. The zero-order valence-corrected chi connectivity index (χ0v) is 8.36. The Morgan fingerprint density at radius 3 is 2.79 bits per heavy atom. The maximum Gasteiger partial charge on any atom is 0.0759 e. The van der Waals surface area contributed by atoms with E-state index in [9.17, 15) is 0 Å². The lowest BCUT2D eigenvalue weighted by Gasteiger charge is -2.26. The minimum Gasteiger partial charge on any atom is -0.442 e. The van der Waals surface area contributed by atoms with E-state index in [-0.39, 0.29) is 0 Å². The van der Waals surface area contributed by atoms with E-state index in [4.69, 9.17) is 5.26 Å². The molecule has 0 atom stereocenters. The van der Waals surface area contributed by atoms with E-state index in [2.05, 4.69) is 23.0 Å². The number of hydrogen-bond acceptors (Lipinski definition) is 2. The van der Waals surface area contributed by atoms with Crippen LogP contribution in [-0.2, 0) is 0 Å². The molecule has 0 aromatic carbocycles. The van der Waals surface area contributed by atoms with Crippen LogP contribution in [0.2, 0.25) is 0 Å². The highest BCUT2D eigenvalue weighted by Gasteiger charge is 2.19. The Labute approximate surface area is 84.2 Å². The third-order valence-corrected chi connectivity index (χ3v) is 1.94. The zero-order chi connectivity index (χ0) is 10.6. The van der Waals surface area contributed by atoms with Crippen LogP contribution in [0.4, 0.5) is 0 Å². The van der Waals surface area contributed by atoms with Crippen LogP contribution in [-0.4, -0.2) is 6.21 Å². The van der Waals surface area contributed by atoms with Gasteiger partial charge in [-0.05, 0) is 19.4 Å². The van der Waals surface area contributed by atoms with Crippen LogP contribution in [0.15, 0.2) is 41.3 Å². The van der Waals surface area contributed by atoms with Crippen LogP contribution in [0.25, 0.3) is 5.32 Å². The first-order valence-corrected chi connectivity index (χ1v) is 4.29. The maximum atomic E-state index is 8.89. The third kappa shape index (κ3) is 2.11. The van der Waals surface area contributed by atoms with Crippen molar-refractivity contribution in [3.05, 3.63) is 41.6 Å². The molecule has 1 rings (SSSR count). The second-order valence-corrected chi connectivity index (χ2v) is 3.47. The summed E-state index contributed by atoms with van der Waals surface area (Å²) in [6, 6.07) is 2.20. The molecular weight excluding hydrogens is 174 g/mol. The molecule has 14 heavy (non-hydrogen) atoms. The molecule has 3 heteroatoms. The molecule has 0 saturated heterocycles. The molecule has 0 spiro atoms. The Hall–Kier alpha value is -1.82. The van der Waals surface area contributed by atoms with Gasteiger partial charge in [0.15, 0.2) is 0 Å². The number of allylic oxidation sites excluding steroid dienone is 3. The molecule has 0 fully saturated rings. The second kappa shape index (κ2) is 3.93. The highest BCUT2D eigenvalue weighted by Crippen LogP contribution is 2.28. The molecule has 3 nitrogen and oxygen atoms in total. The molecule has 0 bridgehead atoms. The first kappa shape index (κ1) is 10.3. The second-order valence-electron chi connectivity index (χ2n) is 3.47. The Bertz CT molecular complexity index is 364. The van der Waals surface area contributed by atoms with Crippen molar-refractivity contribution in [1.29, 1.82) is 5.26 Å². The van der Waals surface area contributed by atoms with Gasteiger partial charge in [-0.25, -0.2) is 0 Å². The van der Waals surface area contributed by atoms with Crippen LogP contribution < -0.4 is 0 Å². The molecule has 0 N–H and O–H groups in total. The Morgan fingerprint density at radius 2 is 2.36 bits per heavy atom. The summed E-state index contributed by atoms with van der Waals surface area (Å²) in [7, 11) is 0. The predicted octanol–water partition coefficient (Wildman–Crippen LogP) is 2.91. The molecule has 72 valence electrons. The van der Waals surface area contributed by atoms with Gasteiger partial charge < -0.3 is 10.3 Å². The lowest BCUT2D eigenvalue weighted by molar-refractivity contribution is 0.622. The minimum atomic E-state index is -0.535. The highest BCUT2D eigenvalue weighted by molar-refractivity contribution is 5.84. The molecule has 1 heterocycles. The average molecular weight is 186 g/mol. The average Bonchev–Trinajstić information content (AvgIpc) is 2.19. The summed E-state index contributed by atoms with van der Waals surface area (Å²) in [6.45, 7) is 7.23. The lowest BCUT2D eigenvalue weighted by Crippen LogP contribution is -2.14. The largest absolute Gasteiger partial charge is 0.442 e. The Morgan fingerprint density at radius 1 is 1.64 bits per heavy atom. The first-order chi connectivity index (χ1) is 6.60. The molecule has 0 saturated carbocycles. The summed E-state index contributed by atoms with van der Waals surface area (Å²) >= 11 is 0. The van der Waals surface area contributed by atoms with Crippen LogP contribution in [0, 0.1) is 16.7 Å². The van der Waals surface area contributed by atoms with Crippen molar-refractivity contribution in [3.8, 4) is 6.07 Å². The molecular formula is C11H12N3-. The summed E-state index contributed by atoms with van der Waals surface area (Å²) in [5.41, 5.74) is 0.286. The summed E-state index contributed by atoms with van der Waals surface area (Å²) < 4.78 is 0. The SMILES string of the molecule is C=C/C=C1/N=CC(C(C)(C)C#N)=C[N-]1. The summed E-state index contributed by atoms with van der Waals surface area (Å²) in [4.78, 5) is 4.09. The quantitative estimate of drug-likeness (QED) is 0.654. The van der Waals surface area contributed by atoms with E-state index in [1.54, 1.807) is 24.6 Å². The van der Waals surface area contributed by atoms with Gasteiger partial charge in [-0.1, -0.05) is 37.0 Å². The van der Waals surface area contributed by atoms with Crippen molar-refractivity contribution < 1.29 is 0 Å². The third-order valence-electron chi connectivity index (χ3n) is 1.94. The van der Waals surface area contributed by atoms with Gasteiger partial charge in [-0.3, -0.25) is 0 Å². The zero-order valence-electron chi connectivity index (χ0n) is 8.36. The van der Waals surface area contributed by atoms with E-state index < -0.39 is 5.41 Å². The van der Waals surface area contributed by atoms with Crippen LogP contribution in [0.5, 0.6) is 0 Å². The van der Waals surface area contributed by atoms with Crippen LogP contribution in [0.1, 0.15) is 13.8 Å². The van der Waals surface area contributed by atoms with Crippen molar-refractivity contribution in [2.24, 2.45) is 10.4 Å². The maximum absolute atomic E-state index is 8.89.